The second-order valence-corrected chi connectivity index (χ2v) is 18.2. The third-order valence-corrected chi connectivity index (χ3v) is 14.6. The Kier molecular flexibility index (Phi) is 8.58. The molecule has 3 aromatic heterocycles. The van der Waals surface area contributed by atoms with Gasteiger partial charge in [0.2, 0.25) is 0 Å². The van der Waals surface area contributed by atoms with E-state index in [1.807, 2.05) is 109 Å². The highest BCUT2D eigenvalue weighted by atomic mass is 15.0. The fourth-order valence-electron chi connectivity index (χ4n) is 12.1. The van der Waals surface area contributed by atoms with Gasteiger partial charge in [-0.2, -0.15) is 0 Å². The minimum atomic E-state index is -0.0946. The molecule has 0 unspecified atom stereocenters. The molecule has 4 bridgehead atoms. The second-order valence-electron chi connectivity index (χ2n) is 18.2. The lowest BCUT2D eigenvalue weighted by atomic mass is 9.43. The summed E-state index contributed by atoms with van der Waals surface area (Å²) in [6.07, 6.45) is 8.41. The van der Waals surface area contributed by atoms with Gasteiger partial charge in [0.05, 0.1) is 5.69 Å². The Labute approximate surface area is 372 Å². The molecule has 306 valence electrons. The maximum atomic E-state index is 5.19. The molecule has 0 amide bonds. The van der Waals surface area contributed by atoms with Gasteiger partial charge in [-0.25, -0.2) is 29.9 Å². The van der Waals surface area contributed by atoms with Gasteiger partial charge in [-0.15, -0.1) is 0 Å². The van der Waals surface area contributed by atoms with Gasteiger partial charge < -0.3 is 0 Å². The monoisotopic (exact) mass is 825 g/mol. The average molecular weight is 826 g/mol. The zero-order valence-electron chi connectivity index (χ0n) is 35.2. The molecule has 3 heterocycles. The van der Waals surface area contributed by atoms with E-state index in [4.69, 9.17) is 34.9 Å². The molecule has 6 aromatic carbocycles. The molecule has 0 N–H and O–H groups in total. The number of nitrogens with zero attached hydrogens (tertiary/aromatic N) is 7. The van der Waals surface area contributed by atoms with Crippen LogP contribution >= 0.6 is 0 Å². The molecule has 0 aliphatic heterocycles. The third-order valence-electron chi connectivity index (χ3n) is 14.6. The SMILES string of the molecule is c1ccc(-c2nc(-c3ccccc3)nc(-c3ccnc(-c4ccc5c(c4)C4(c6cc(-c7nc(-c8ccccc8)nc(-c8ccccc8)n7)ccc6-5)C5CC6CC(C5)CC4C6)c3)n2)cc1. The fourth-order valence-corrected chi connectivity index (χ4v) is 12.1. The summed E-state index contributed by atoms with van der Waals surface area (Å²) in [6, 6.07) is 59.2. The molecule has 0 atom stereocenters. The summed E-state index contributed by atoms with van der Waals surface area (Å²) in [5.41, 5.74) is 13.3. The maximum Gasteiger partial charge on any atom is 0.164 e. The summed E-state index contributed by atoms with van der Waals surface area (Å²) in [4.78, 5) is 35.4. The van der Waals surface area contributed by atoms with Crippen molar-refractivity contribution in [2.45, 2.75) is 37.5 Å². The summed E-state index contributed by atoms with van der Waals surface area (Å²) >= 11 is 0. The van der Waals surface area contributed by atoms with Crippen LogP contribution in [-0.2, 0) is 5.41 Å². The summed E-state index contributed by atoms with van der Waals surface area (Å²) in [5, 5.41) is 0. The molecule has 5 aliphatic rings. The number of rotatable bonds is 7. The Bertz CT molecular complexity index is 3080. The van der Waals surface area contributed by atoms with Crippen LogP contribution < -0.4 is 0 Å². The van der Waals surface area contributed by atoms with E-state index >= 15 is 0 Å². The Hall–Kier alpha value is -7.51. The molecular formula is C57H43N7. The highest BCUT2D eigenvalue weighted by Crippen LogP contribution is 2.69. The highest BCUT2D eigenvalue weighted by molar-refractivity contribution is 5.86. The Balaban J connectivity index is 0.941. The molecule has 1 spiro atoms. The lowest BCUT2D eigenvalue weighted by molar-refractivity contribution is -0.0399. The zero-order chi connectivity index (χ0) is 42.2. The van der Waals surface area contributed by atoms with Crippen molar-refractivity contribution < 1.29 is 0 Å². The lowest BCUT2D eigenvalue weighted by Gasteiger charge is -2.61. The van der Waals surface area contributed by atoms with Crippen LogP contribution in [0.2, 0.25) is 0 Å². The van der Waals surface area contributed by atoms with Gasteiger partial charge in [-0.05, 0) is 102 Å². The van der Waals surface area contributed by atoms with Gasteiger partial charge in [0.15, 0.2) is 34.9 Å². The Morgan fingerprint density at radius 3 is 1.11 bits per heavy atom. The van der Waals surface area contributed by atoms with E-state index in [-0.39, 0.29) is 5.41 Å². The second kappa shape index (κ2) is 14.8. The van der Waals surface area contributed by atoms with Gasteiger partial charge >= 0.3 is 0 Å². The van der Waals surface area contributed by atoms with E-state index in [0.717, 1.165) is 56.5 Å². The average Bonchev–Trinajstić information content (AvgIpc) is 3.65. The number of hydrogen-bond donors (Lipinski definition) is 0. The standard InChI is InChI=1S/C57H43N7/c1-5-13-37(14-6-1)51-59-52(38-15-7-2-8-16-38)62-55(61-51)42-22-24-47-46-23-21-41(32-48(46)57(49(47)33-42)44-28-35-27-36(30-44)31-45(57)29-35)50-34-43(25-26-58-50)56-63-53(39-17-9-3-10-18-39)60-54(64-56)40-19-11-4-12-20-40/h1-26,32-36,44-45H,27-31H2. The topological polar surface area (TPSA) is 90.2 Å². The van der Waals surface area contributed by atoms with Crippen molar-refractivity contribution in [3.05, 3.63) is 187 Å². The highest BCUT2D eigenvalue weighted by Gasteiger charge is 2.61. The summed E-state index contributed by atoms with van der Waals surface area (Å²) in [5.74, 6) is 6.76. The third kappa shape index (κ3) is 6.05. The Morgan fingerprint density at radius 1 is 0.328 bits per heavy atom. The van der Waals surface area contributed by atoms with Crippen LogP contribution in [0.15, 0.2) is 176 Å². The smallest absolute Gasteiger partial charge is 0.164 e. The van der Waals surface area contributed by atoms with Crippen molar-refractivity contribution in [3.8, 4) is 90.7 Å². The van der Waals surface area contributed by atoms with Crippen molar-refractivity contribution >= 4 is 0 Å². The molecule has 4 saturated carbocycles. The van der Waals surface area contributed by atoms with Crippen molar-refractivity contribution in [3.63, 3.8) is 0 Å². The van der Waals surface area contributed by atoms with Gasteiger partial charge in [0.25, 0.3) is 0 Å². The van der Waals surface area contributed by atoms with E-state index in [9.17, 15) is 0 Å². The van der Waals surface area contributed by atoms with Crippen LogP contribution in [0.4, 0.5) is 0 Å². The van der Waals surface area contributed by atoms with E-state index in [1.165, 1.54) is 54.4 Å². The van der Waals surface area contributed by atoms with E-state index < -0.39 is 0 Å². The minimum Gasteiger partial charge on any atom is -0.256 e. The summed E-state index contributed by atoms with van der Waals surface area (Å²) < 4.78 is 0. The van der Waals surface area contributed by atoms with Gasteiger partial charge in [0.1, 0.15) is 0 Å². The molecule has 7 nitrogen and oxygen atoms in total. The quantitative estimate of drug-likeness (QED) is 0.158. The molecule has 9 aromatic rings. The molecule has 7 heteroatoms. The van der Waals surface area contributed by atoms with Gasteiger partial charge in [-0.1, -0.05) is 146 Å². The number of hydrogen-bond acceptors (Lipinski definition) is 7. The first-order valence-electron chi connectivity index (χ1n) is 22.6. The lowest BCUT2D eigenvalue weighted by Crippen LogP contribution is -2.55. The minimum absolute atomic E-state index is 0.0946. The first kappa shape index (κ1) is 37.1. The van der Waals surface area contributed by atoms with Gasteiger partial charge in [0, 0.05) is 50.6 Å². The van der Waals surface area contributed by atoms with Crippen molar-refractivity contribution in [2.24, 2.45) is 23.7 Å². The van der Waals surface area contributed by atoms with Crippen LogP contribution in [0.1, 0.15) is 43.2 Å². The van der Waals surface area contributed by atoms with E-state index in [2.05, 4.69) is 66.7 Å². The molecule has 4 fully saturated rings. The van der Waals surface area contributed by atoms with Crippen molar-refractivity contribution in [2.75, 3.05) is 0 Å². The summed E-state index contributed by atoms with van der Waals surface area (Å²) in [6.45, 7) is 0. The predicted octanol–water partition coefficient (Wildman–Crippen LogP) is 12.8. The normalized spacial score (nSPS) is 21.2. The molecule has 14 rings (SSSR count). The number of benzene rings is 6. The Morgan fingerprint density at radius 2 is 0.688 bits per heavy atom. The van der Waals surface area contributed by atoms with Crippen LogP contribution in [0.25, 0.3) is 90.7 Å². The van der Waals surface area contributed by atoms with Crippen LogP contribution in [0.5, 0.6) is 0 Å². The first-order valence-corrected chi connectivity index (χ1v) is 22.6. The van der Waals surface area contributed by atoms with Crippen LogP contribution in [0.3, 0.4) is 0 Å². The zero-order valence-corrected chi connectivity index (χ0v) is 35.2. The largest absolute Gasteiger partial charge is 0.256 e. The molecular weight excluding hydrogens is 783 g/mol. The number of fused-ring (bicyclic) bond motifs is 3. The summed E-state index contributed by atoms with van der Waals surface area (Å²) in [7, 11) is 0. The molecule has 5 aliphatic carbocycles. The fraction of sp³-hybridized carbons (Fsp3) is 0.175. The molecule has 0 radical (unpaired) electrons. The van der Waals surface area contributed by atoms with Crippen molar-refractivity contribution in [1.29, 1.82) is 0 Å². The van der Waals surface area contributed by atoms with Gasteiger partial charge in [-0.3, -0.25) is 4.98 Å². The van der Waals surface area contributed by atoms with E-state index in [1.54, 1.807) is 0 Å². The number of aromatic nitrogens is 7. The first-order chi connectivity index (χ1) is 31.6. The predicted molar refractivity (Wildman–Crippen MR) is 252 cm³/mol. The number of pyridine rings is 1. The van der Waals surface area contributed by atoms with Crippen LogP contribution in [-0.4, -0.2) is 34.9 Å². The van der Waals surface area contributed by atoms with Crippen molar-refractivity contribution in [1.82, 2.24) is 34.9 Å². The maximum absolute atomic E-state index is 5.19. The molecule has 0 saturated heterocycles. The molecule has 64 heavy (non-hydrogen) atoms. The van der Waals surface area contributed by atoms with Crippen LogP contribution in [0, 0.1) is 23.7 Å². The van der Waals surface area contributed by atoms with E-state index in [0.29, 0.717) is 46.8 Å².